The van der Waals surface area contributed by atoms with Crippen molar-refractivity contribution in [2.75, 3.05) is 13.7 Å². The van der Waals surface area contributed by atoms with Gasteiger partial charge in [-0.1, -0.05) is 0 Å². The normalized spacial score (nSPS) is 13.2. The number of nitrogens with one attached hydrogen (secondary N) is 1. The highest BCUT2D eigenvalue weighted by atomic mass is 16.5. The van der Waals surface area contributed by atoms with E-state index < -0.39 is 17.6 Å². The maximum absolute atomic E-state index is 11.4. The maximum Gasteiger partial charge on any atom is 0.326 e. The molecule has 4 N–H and O–H groups in total. The van der Waals surface area contributed by atoms with Crippen molar-refractivity contribution in [3.63, 3.8) is 0 Å². The molecule has 1 atom stereocenters. The number of rotatable bonds is 7. The van der Waals surface area contributed by atoms with Crippen LogP contribution in [0, 0.1) is 0 Å². The Kier molecular flexibility index (Phi) is 5.98. The first kappa shape index (κ1) is 14.9. The van der Waals surface area contributed by atoms with Crippen molar-refractivity contribution in [2.24, 2.45) is 5.73 Å². The lowest BCUT2D eigenvalue weighted by Crippen LogP contribution is -2.45. The molecule has 1 unspecified atom stereocenters. The van der Waals surface area contributed by atoms with Crippen molar-refractivity contribution in [3.8, 4) is 0 Å². The Morgan fingerprint density at radius 2 is 2.06 bits per heavy atom. The largest absolute Gasteiger partial charge is 0.480 e. The van der Waals surface area contributed by atoms with Gasteiger partial charge < -0.3 is 20.9 Å². The minimum absolute atomic E-state index is 0.0871. The number of hydrogen-bond acceptors (Lipinski definition) is 4. The van der Waals surface area contributed by atoms with E-state index in [0.717, 1.165) is 0 Å². The summed E-state index contributed by atoms with van der Waals surface area (Å²) in [5.41, 5.74) is 5.01. The summed E-state index contributed by atoms with van der Waals surface area (Å²) in [7, 11) is 1.48. The van der Waals surface area contributed by atoms with E-state index in [0.29, 0.717) is 0 Å². The van der Waals surface area contributed by atoms with Crippen LogP contribution in [0.5, 0.6) is 0 Å². The SMILES string of the molecule is COCCC(NC(=O)CC(C)(C)N)C(=O)O. The van der Waals surface area contributed by atoms with Gasteiger partial charge in [0.2, 0.25) is 5.91 Å². The molecule has 6 nitrogen and oxygen atoms in total. The molecular weight excluding hydrogens is 212 g/mol. The van der Waals surface area contributed by atoms with Crippen LogP contribution in [-0.4, -0.2) is 42.3 Å². The Hall–Kier alpha value is -1.14. The minimum atomic E-state index is -1.07. The van der Waals surface area contributed by atoms with Gasteiger partial charge in [-0.2, -0.15) is 0 Å². The van der Waals surface area contributed by atoms with Gasteiger partial charge in [0.1, 0.15) is 6.04 Å². The zero-order chi connectivity index (χ0) is 12.8. The highest BCUT2D eigenvalue weighted by Crippen LogP contribution is 2.04. The van der Waals surface area contributed by atoms with E-state index in [2.05, 4.69) is 5.32 Å². The summed E-state index contributed by atoms with van der Waals surface area (Å²) in [4.78, 5) is 22.2. The Labute approximate surface area is 95.1 Å². The molecule has 0 aromatic heterocycles. The Bertz CT molecular complexity index is 248. The molecule has 6 heteroatoms. The lowest BCUT2D eigenvalue weighted by Gasteiger charge is -2.20. The topological polar surface area (TPSA) is 102 Å². The molecule has 0 rings (SSSR count). The number of hydrogen-bond donors (Lipinski definition) is 3. The van der Waals surface area contributed by atoms with Crippen molar-refractivity contribution >= 4 is 11.9 Å². The van der Waals surface area contributed by atoms with Crippen LogP contribution in [-0.2, 0) is 14.3 Å². The van der Waals surface area contributed by atoms with Crippen molar-refractivity contribution < 1.29 is 19.4 Å². The second-order valence-corrected chi connectivity index (χ2v) is 4.41. The molecule has 0 aromatic rings. The van der Waals surface area contributed by atoms with Gasteiger partial charge in [-0.3, -0.25) is 4.79 Å². The van der Waals surface area contributed by atoms with Crippen molar-refractivity contribution in [1.82, 2.24) is 5.32 Å². The molecule has 0 bridgehead atoms. The van der Waals surface area contributed by atoms with Crippen LogP contribution in [0.3, 0.4) is 0 Å². The smallest absolute Gasteiger partial charge is 0.326 e. The van der Waals surface area contributed by atoms with Crippen molar-refractivity contribution in [3.05, 3.63) is 0 Å². The zero-order valence-corrected chi connectivity index (χ0v) is 9.95. The van der Waals surface area contributed by atoms with Crippen molar-refractivity contribution in [2.45, 2.75) is 38.3 Å². The summed E-state index contributed by atoms with van der Waals surface area (Å²) >= 11 is 0. The number of carbonyl (C=O) groups excluding carboxylic acids is 1. The first-order valence-electron chi connectivity index (χ1n) is 5.06. The van der Waals surface area contributed by atoms with Crippen molar-refractivity contribution in [1.29, 1.82) is 0 Å². The first-order valence-corrected chi connectivity index (χ1v) is 5.06. The summed E-state index contributed by atoms with van der Waals surface area (Å²) in [6.07, 6.45) is 0.326. The Morgan fingerprint density at radius 3 is 2.44 bits per heavy atom. The fraction of sp³-hybridized carbons (Fsp3) is 0.800. The quantitative estimate of drug-likeness (QED) is 0.560. The fourth-order valence-corrected chi connectivity index (χ4v) is 1.15. The average molecular weight is 232 g/mol. The van der Waals surface area contributed by atoms with Crippen LogP contribution in [0.15, 0.2) is 0 Å². The maximum atomic E-state index is 11.4. The van der Waals surface area contributed by atoms with Gasteiger partial charge in [0.15, 0.2) is 0 Å². The van der Waals surface area contributed by atoms with Gasteiger partial charge >= 0.3 is 5.97 Å². The van der Waals surface area contributed by atoms with Crippen LogP contribution in [0.25, 0.3) is 0 Å². The Morgan fingerprint density at radius 1 is 1.50 bits per heavy atom. The molecular formula is C10H20N2O4. The van der Waals surface area contributed by atoms with Gasteiger partial charge in [0.05, 0.1) is 0 Å². The highest BCUT2D eigenvalue weighted by molar-refractivity contribution is 5.84. The van der Waals surface area contributed by atoms with Crippen LogP contribution in [0.1, 0.15) is 26.7 Å². The second kappa shape index (κ2) is 6.44. The molecule has 0 saturated heterocycles. The molecule has 16 heavy (non-hydrogen) atoms. The summed E-state index contributed by atoms with van der Waals surface area (Å²) in [6.45, 7) is 3.69. The lowest BCUT2D eigenvalue weighted by molar-refractivity contribution is -0.142. The minimum Gasteiger partial charge on any atom is -0.480 e. The van der Waals surface area contributed by atoms with E-state index in [-0.39, 0.29) is 25.4 Å². The lowest BCUT2D eigenvalue weighted by atomic mass is 10.0. The molecule has 0 aromatic carbocycles. The second-order valence-electron chi connectivity index (χ2n) is 4.41. The molecule has 94 valence electrons. The number of methoxy groups -OCH3 is 1. The molecule has 0 saturated carbocycles. The number of carbonyl (C=O) groups is 2. The van der Waals surface area contributed by atoms with Gasteiger partial charge in [-0.05, 0) is 13.8 Å². The van der Waals surface area contributed by atoms with Gasteiger partial charge in [0, 0.05) is 32.1 Å². The van der Waals surface area contributed by atoms with Crippen LogP contribution in [0.2, 0.25) is 0 Å². The molecule has 0 spiro atoms. The average Bonchev–Trinajstić information content (AvgIpc) is 2.08. The van der Waals surface area contributed by atoms with E-state index in [1.807, 2.05) is 0 Å². The summed E-state index contributed by atoms with van der Waals surface area (Å²) in [5.74, 6) is -1.43. The van der Waals surface area contributed by atoms with E-state index in [1.165, 1.54) is 7.11 Å². The third-order valence-corrected chi connectivity index (χ3v) is 1.86. The number of amides is 1. The Balaban J connectivity index is 4.19. The number of aliphatic carboxylic acids is 1. The molecule has 0 fully saturated rings. The highest BCUT2D eigenvalue weighted by Gasteiger charge is 2.22. The summed E-state index contributed by atoms with van der Waals surface area (Å²) < 4.78 is 4.77. The molecule has 0 aliphatic heterocycles. The summed E-state index contributed by atoms with van der Waals surface area (Å²) in [5, 5.41) is 11.3. The van der Waals surface area contributed by atoms with Crippen LogP contribution < -0.4 is 11.1 Å². The molecule has 1 amide bonds. The number of carboxylic acid groups (broad SMARTS) is 1. The standard InChI is InChI=1S/C10H20N2O4/c1-10(2,11)6-8(13)12-7(9(14)15)4-5-16-3/h7H,4-6,11H2,1-3H3,(H,12,13)(H,14,15). The van der Waals surface area contributed by atoms with Gasteiger partial charge in [-0.15, -0.1) is 0 Å². The molecule has 0 radical (unpaired) electrons. The van der Waals surface area contributed by atoms with Crippen LogP contribution >= 0.6 is 0 Å². The molecule has 0 aliphatic rings. The van der Waals surface area contributed by atoms with Gasteiger partial charge in [0.25, 0.3) is 0 Å². The van der Waals surface area contributed by atoms with E-state index in [1.54, 1.807) is 13.8 Å². The number of carboxylic acids is 1. The fourth-order valence-electron chi connectivity index (χ4n) is 1.15. The third-order valence-electron chi connectivity index (χ3n) is 1.86. The predicted molar refractivity (Wildman–Crippen MR) is 58.9 cm³/mol. The number of ether oxygens (including phenoxy) is 1. The summed E-state index contributed by atoms with van der Waals surface area (Å²) in [6, 6.07) is -0.921. The third kappa shape index (κ3) is 7.19. The first-order chi connectivity index (χ1) is 7.26. The molecule has 0 aliphatic carbocycles. The zero-order valence-electron chi connectivity index (χ0n) is 9.95. The number of nitrogens with two attached hydrogens (primary N) is 1. The molecule has 0 heterocycles. The van der Waals surface area contributed by atoms with E-state index in [4.69, 9.17) is 15.6 Å². The van der Waals surface area contributed by atoms with Crippen LogP contribution in [0.4, 0.5) is 0 Å². The van der Waals surface area contributed by atoms with Gasteiger partial charge in [-0.25, -0.2) is 4.79 Å². The van der Waals surface area contributed by atoms with E-state index in [9.17, 15) is 9.59 Å². The van der Waals surface area contributed by atoms with E-state index >= 15 is 0 Å². The predicted octanol–water partition coefficient (Wildman–Crippen LogP) is -0.280. The monoisotopic (exact) mass is 232 g/mol.